The molecule has 2 amide bonds. The Kier molecular flexibility index (Phi) is 13.7. The predicted molar refractivity (Wildman–Crippen MR) is 127 cm³/mol. The van der Waals surface area contributed by atoms with E-state index in [0.29, 0.717) is 32.0 Å². The highest BCUT2D eigenvalue weighted by Crippen LogP contribution is 2.18. The van der Waals surface area contributed by atoms with E-state index in [9.17, 15) is 14.4 Å². The van der Waals surface area contributed by atoms with Gasteiger partial charge in [0, 0.05) is 13.1 Å². The Morgan fingerprint density at radius 1 is 1.25 bits per heavy atom. The summed E-state index contributed by atoms with van der Waals surface area (Å²) in [6.45, 7) is 5.45. The molecule has 2 atom stereocenters. The topological polar surface area (TPSA) is 87.7 Å². The van der Waals surface area contributed by atoms with Crippen LogP contribution in [-0.4, -0.2) is 61.5 Å². The SMILES string of the molecule is C#CC(CC(=O)OCCCCC)NC(=O)[C@@H]1CCCN(C(=O)/C=C/C2CCNCC2)C1.Cl. The highest BCUT2D eigenvalue weighted by Gasteiger charge is 2.29. The molecule has 0 radical (unpaired) electrons. The summed E-state index contributed by atoms with van der Waals surface area (Å²) in [5, 5.41) is 6.09. The molecular weight excluding hydrogens is 430 g/mol. The Bertz CT molecular complexity index is 671. The number of likely N-dealkylation sites (tertiary alicyclic amines) is 1. The minimum atomic E-state index is -0.697. The molecule has 0 bridgehead atoms. The molecule has 7 nitrogen and oxygen atoms in total. The molecule has 0 aromatic carbocycles. The number of amides is 2. The lowest BCUT2D eigenvalue weighted by molar-refractivity contribution is -0.144. The summed E-state index contributed by atoms with van der Waals surface area (Å²) in [6, 6.07) is -0.697. The van der Waals surface area contributed by atoms with Gasteiger partial charge in [-0.2, -0.15) is 0 Å². The second-order valence-corrected chi connectivity index (χ2v) is 8.43. The second kappa shape index (κ2) is 15.7. The van der Waals surface area contributed by atoms with Gasteiger partial charge in [-0.05, 0) is 57.2 Å². The van der Waals surface area contributed by atoms with Crippen LogP contribution < -0.4 is 10.6 Å². The summed E-state index contributed by atoms with van der Waals surface area (Å²) in [6.07, 6.45) is 15.6. The summed E-state index contributed by atoms with van der Waals surface area (Å²) in [5.41, 5.74) is 0. The molecule has 2 rings (SSSR count). The molecule has 0 aliphatic carbocycles. The minimum Gasteiger partial charge on any atom is -0.466 e. The second-order valence-electron chi connectivity index (χ2n) is 8.43. The molecule has 2 N–H and O–H groups in total. The first-order valence-corrected chi connectivity index (χ1v) is 11.6. The van der Waals surface area contributed by atoms with E-state index in [-0.39, 0.29) is 36.6 Å². The maximum absolute atomic E-state index is 12.7. The number of unbranched alkanes of at least 4 members (excludes halogenated alkanes) is 2. The van der Waals surface area contributed by atoms with Crippen molar-refractivity contribution < 1.29 is 19.1 Å². The zero-order valence-electron chi connectivity index (χ0n) is 19.1. The number of rotatable bonds is 10. The van der Waals surface area contributed by atoms with Crippen LogP contribution in [-0.2, 0) is 19.1 Å². The van der Waals surface area contributed by atoms with Crippen molar-refractivity contribution in [2.24, 2.45) is 11.8 Å². The summed E-state index contributed by atoms with van der Waals surface area (Å²) in [7, 11) is 0. The van der Waals surface area contributed by atoms with Gasteiger partial charge < -0.3 is 20.3 Å². The van der Waals surface area contributed by atoms with Gasteiger partial charge in [-0.1, -0.05) is 31.8 Å². The first-order valence-electron chi connectivity index (χ1n) is 11.6. The van der Waals surface area contributed by atoms with E-state index in [1.807, 2.05) is 6.08 Å². The normalized spacial score (nSPS) is 20.1. The van der Waals surface area contributed by atoms with Crippen LogP contribution in [0.15, 0.2) is 12.2 Å². The number of carbonyl (C=O) groups is 3. The molecule has 0 saturated carbocycles. The van der Waals surface area contributed by atoms with Gasteiger partial charge in [-0.3, -0.25) is 14.4 Å². The van der Waals surface area contributed by atoms with Crippen molar-refractivity contribution in [1.82, 2.24) is 15.5 Å². The molecule has 0 spiro atoms. The molecule has 2 fully saturated rings. The van der Waals surface area contributed by atoms with E-state index in [1.165, 1.54) is 0 Å². The lowest BCUT2D eigenvalue weighted by Gasteiger charge is -2.32. The first kappa shape index (κ1) is 28.0. The van der Waals surface area contributed by atoms with Gasteiger partial charge >= 0.3 is 5.97 Å². The number of ether oxygens (including phenoxy) is 1. The predicted octanol–water partition coefficient (Wildman–Crippen LogP) is 2.44. The van der Waals surface area contributed by atoms with Crippen molar-refractivity contribution in [3.8, 4) is 12.3 Å². The van der Waals surface area contributed by atoms with E-state index < -0.39 is 12.0 Å². The minimum absolute atomic E-state index is 0. The van der Waals surface area contributed by atoms with Crippen molar-refractivity contribution in [1.29, 1.82) is 0 Å². The number of allylic oxidation sites excluding steroid dienone is 1. The van der Waals surface area contributed by atoms with Gasteiger partial charge in [0.15, 0.2) is 0 Å². The van der Waals surface area contributed by atoms with Crippen LogP contribution in [0.3, 0.4) is 0 Å². The number of nitrogens with one attached hydrogen (secondary N) is 2. The highest BCUT2D eigenvalue weighted by atomic mass is 35.5. The molecular formula is C24H38ClN3O4. The van der Waals surface area contributed by atoms with Crippen LogP contribution in [0.1, 0.15) is 58.3 Å². The molecule has 32 heavy (non-hydrogen) atoms. The summed E-state index contributed by atoms with van der Waals surface area (Å²) >= 11 is 0. The number of halogens is 1. The first-order chi connectivity index (χ1) is 15.0. The molecule has 8 heteroatoms. The van der Waals surface area contributed by atoms with Gasteiger partial charge in [0.2, 0.25) is 11.8 Å². The fraction of sp³-hybridized carbons (Fsp3) is 0.708. The zero-order valence-corrected chi connectivity index (χ0v) is 20.0. The maximum Gasteiger partial charge on any atom is 0.308 e. The van der Waals surface area contributed by atoms with Crippen LogP contribution >= 0.6 is 12.4 Å². The summed E-state index contributed by atoms with van der Waals surface area (Å²) in [4.78, 5) is 39.0. The van der Waals surface area contributed by atoms with Crippen LogP contribution in [0.4, 0.5) is 0 Å². The van der Waals surface area contributed by atoms with E-state index in [2.05, 4.69) is 23.5 Å². The largest absolute Gasteiger partial charge is 0.466 e. The molecule has 2 aliphatic heterocycles. The summed E-state index contributed by atoms with van der Waals surface area (Å²) < 4.78 is 5.18. The van der Waals surface area contributed by atoms with E-state index >= 15 is 0 Å². The quantitative estimate of drug-likeness (QED) is 0.223. The van der Waals surface area contributed by atoms with Crippen molar-refractivity contribution >= 4 is 30.2 Å². The van der Waals surface area contributed by atoms with Gasteiger partial charge in [-0.25, -0.2) is 0 Å². The molecule has 0 aromatic rings. The van der Waals surface area contributed by atoms with Gasteiger partial charge in [0.05, 0.1) is 18.9 Å². The molecule has 2 saturated heterocycles. The Labute approximate surface area is 198 Å². The molecule has 180 valence electrons. The third-order valence-corrected chi connectivity index (χ3v) is 5.90. The number of hydrogen-bond donors (Lipinski definition) is 2. The molecule has 0 aromatic heterocycles. The van der Waals surface area contributed by atoms with E-state index in [1.54, 1.807) is 11.0 Å². The lowest BCUT2D eigenvalue weighted by atomic mass is 9.95. The summed E-state index contributed by atoms with van der Waals surface area (Å²) in [5.74, 6) is 1.94. The fourth-order valence-corrected chi connectivity index (χ4v) is 3.96. The van der Waals surface area contributed by atoms with Crippen LogP contribution in [0, 0.1) is 24.2 Å². The Morgan fingerprint density at radius 3 is 2.69 bits per heavy atom. The van der Waals surface area contributed by atoms with E-state index in [4.69, 9.17) is 11.2 Å². The number of hydrogen-bond acceptors (Lipinski definition) is 5. The Morgan fingerprint density at radius 2 is 2.00 bits per heavy atom. The highest BCUT2D eigenvalue weighted by molar-refractivity contribution is 5.88. The number of piperidine rings is 2. The van der Waals surface area contributed by atoms with Crippen molar-refractivity contribution in [2.75, 3.05) is 32.8 Å². The fourth-order valence-electron chi connectivity index (χ4n) is 3.96. The smallest absolute Gasteiger partial charge is 0.308 e. The number of nitrogens with zero attached hydrogens (tertiary/aromatic N) is 1. The average Bonchev–Trinajstić information content (AvgIpc) is 2.80. The molecule has 2 heterocycles. The number of carbonyl (C=O) groups excluding carboxylic acids is 3. The standard InChI is InChI=1S/C24H37N3O4.ClH/c1-3-5-6-16-31-23(29)17-21(4-2)26-24(30)20-8-7-15-27(18-20)22(28)10-9-19-11-13-25-14-12-19;/h2,9-10,19-21,25H,3,5-8,11-18H2,1H3,(H,26,30);1H/b10-9+;/t20-,21?;/m1./s1. The Balaban J connectivity index is 0.00000512. The van der Waals surface area contributed by atoms with Crippen molar-refractivity contribution in [3.05, 3.63) is 12.2 Å². The van der Waals surface area contributed by atoms with Crippen LogP contribution in [0.5, 0.6) is 0 Å². The monoisotopic (exact) mass is 467 g/mol. The number of terminal acetylenes is 1. The third kappa shape index (κ3) is 10.1. The molecule has 2 aliphatic rings. The lowest BCUT2D eigenvalue weighted by Crippen LogP contribution is -2.47. The van der Waals surface area contributed by atoms with Gasteiger partial charge in [0.25, 0.3) is 0 Å². The average molecular weight is 468 g/mol. The number of esters is 1. The Hall–Kier alpha value is -2.04. The van der Waals surface area contributed by atoms with Crippen molar-refractivity contribution in [2.45, 2.75) is 64.3 Å². The van der Waals surface area contributed by atoms with Gasteiger partial charge in [0.1, 0.15) is 6.04 Å². The van der Waals surface area contributed by atoms with Gasteiger partial charge in [-0.15, -0.1) is 18.8 Å². The van der Waals surface area contributed by atoms with E-state index in [0.717, 1.165) is 51.6 Å². The van der Waals surface area contributed by atoms with Crippen LogP contribution in [0.25, 0.3) is 0 Å². The molecule has 1 unspecified atom stereocenters. The van der Waals surface area contributed by atoms with Crippen LogP contribution in [0.2, 0.25) is 0 Å². The zero-order chi connectivity index (χ0) is 22.5. The van der Waals surface area contributed by atoms with Crippen molar-refractivity contribution in [3.63, 3.8) is 0 Å². The maximum atomic E-state index is 12.7. The third-order valence-electron chi connectivity index (χ3n) is 5.90.